The SMILES string of the molecule is CCCCCCCCC(CCC)C(Br)(Br)CCC. The Morgan fingerprint density at radius 2 is 1.33 bits per heavy atom. The van der Waals surface area contributed by atoms with Crippen LogP contribution in [0.15, 0.2) is 0 Å². The van der Waals surface area contributed by atoms with Crippen LogP contribution in [0.5, 0.6) is 0 Å². The summed E-state index contributed by atoms with van der Waals surface area (Å²) < 4.78 is 0.189. The van der Waals surface area contributed by atoms with Gasteiger partial charge in [-0.05, 0) is 25.2 Å². The average Bonchev–Trinajstić information content (AvgIpc) is 2.32. The Morgan fingerprint density at radius 3 is 1.89 bits per heavy atom. The van der Waals surface area contributed by atoms with Gasteiger partial charge in [0, 0.05) is 0 Å². The van der Waals surface area contributed by atoms with E-state index in [1.54, 1.807) is 0 Å². The van der Waals surface area contributed by atoms with Crippen LogP contribution in [-0.2, 0) is 0 Å². The number of rotatable bonds is 12. The fraction of sp³-hybridized carbons (Fsp3) is 1.00. The molecular weight excluding hydrogens is 352 g/mol. The fourth-order valence-electron chi connectivity index (χ4n) is 2.62. The highest BCUT2D eigenvalue weighted by Gasteiger charge is 2.31. The van der Waals surface area contributed by atoms with Gasteiger partial charge in [0.1, 0.15) is 0 Å². The molecule has 1 unspecified atom stereocenters. The van der Waals surface area contributed by atoms with E-state index in [1.165, 1.54) is 70.6 Å². The monoisotopic (exact) mass is 382 g/mol. The van der Waals surface area contributed by atoms with Crippen molar-refractivity contribution in [2.45, 2.75) is 94.6 Å². The first-order valence-electron chi connectivity index (χ1n) is 7.96. The van der Waals surface area contributed by atoms with Crippen LogP contribution < -0.4 is 0 Å². The number of halogens is 2. The van der Waals surface area contributed by atoms with Crippen LogP contribution in [-0.4, -0.2) is 3.23 Å². The van der Waals surface area contributed by atoms with E-state index in [0.717, 1.165) is 5.92 Å². The Kier molecular flexibility index (Phi) is 12.4. The Labute approximate surface area is 132 Å². The molecule has 0 bridgehead atoms. The molecule has 0 saturated heterocycles. The van der Waals surface area contributed by atoms with Crippen LogP contribution in [0.2, 0.25) is 0 Å². The summed E-state index contributed by atoms with van der Waals surface area (Å²) in [4.78, 5) is 0. The van der Waals surface area contributed by atoms with E-state index in [-0.39, 0.29) is 3.23 Å². The normalized spacial score (nSPS) is 13.8. The second-order valence-corrected chi connectivity index (χ2v) is 9.45. The van der Waals surface area contributed by atoms with Crippen LogP contribution in [0.4, 0.5) is 0 Å². The Morgan fingerprint density at radius 1 is 0.722 bits per heavy atom. The maximum atomic E-state index is 3.92. The molecule has 1 atom stereocenters. The predicted molar refractivity (Wildman–Crippen MR) is 91.9 cm³/mol. The van der Waals surface area contributed by atoms with Crippen molar-refractivity contribution in [1.29, 1.82) is 0 Å². The molecule has 0 saturated carbocycles. The minimum Gasteiger partial charge on any atom is -0.0724 e. The van der Waals surface area contributed by atoms with Crippen LogP contribution >= 0.6 is 31.9 Å². The number of hydrogen-bond acceptors (Lipinski definition) is 0. The van der Waals surface area contributed by atoms with Gasteiger partial charge in [0.05, 0.1) is 3.23 Å². The summed E-state index contributed by atoms with van der Waals surface area (Å²) in [6, 6.07) is 0. The second-order valence-electron chi connectivity index (χ2n) is 5.55. The molecule has 110 valence electrons. The molecule has 0 aliphatic carbocycles. The van der Waals surface area contributed by atoms with Crippen molar-refractivity contribution >= 4 is 31.9 Å². The standard InChI is InChI=1S/C16H32Br2/c1-4-7-8-9-10-11-13-15(12-5-2)16(17,18)14-6-3/h15H,4-14H2,1-3H3. The summed E-state index contributed by atoms with van der Waals surface area (Å²) >= 11 is 7.84. The van der Waals surface area contributed by atoms with Gasteiger partial charge < -0.3 is 0 Å². The van der Waals surface area contributed by atoms with Gasteiger partial charge in [-0.2, -0.15) is 0 Å². The quantitative estimate of drug-likeness (QED) is 0.242. The smallest absolute Gasteiger partial charge is 0.0724 e. The molecule has 0 aromatic carbocycles. The van der Waals surface area contributed by atoms with Crippen molar-refractivity contribution in [3.63, 3.8) is 0 Å². The van der Waals surface area contributed by atoms with E-state index < -0.39 is 0 Å². The van der Waals surface area contributed by atoms with Crippen LogP contribution in [0.1, 0.15) is 91.4 Å². The minimum absolute atomic E-state index is 0.189. The maximum Gasteiger partial charge on any atom is 0.0833 e. The lowest BCUT2D eigenvalue weighted by Crippen LogP contribution is -2.24. The first kappa shape index (κ1) is 19.0. The molecule has 0 amide bonds. The van der Waals surface area contributed by atoms with E-state index in [1.807, 2.05) is 0 Å². The molecule has 18 heavy (non-hydrogen) atoms. The number of unbranched alkanes of at least 4 members (excludes halogenated alkanes) is 5. The van der Waals surface area contributed by atoms with Crippen LogP contribution in [0, 0.1) is 5.92 Å². The lowest BCUT2D eigenvalue weighted by Gasteiger charge is -2.30. The van der Waals surface area contributed by atoms with Gasteiger partial charge in [-0.25, -0.2) is 0 Å². The lowest BCUT2D eigenvalue weighted by molar-refractivity contribution is 0.382. The van der Waals surface area contributed by atoms with Gasteiger partial charge in [0.2, 0.25) is 0 Å². The summed E-state index contributed by atoms with van der Waals surface area (Å²) in [7, 11) is 0. The van der Waals surface area contributed by atoms with Crippen molar-refractivity contribution < 1.29 is 0 Å². The zero-order valence-electron chi connectivity index (χ0n) is 12.6. The van der Waals surface area contributed by atoms with E-state index >= 15 is 0 Å². The highest BCUT2D eigenvalue weighted by Crippen LogP contribution is 2.43. The van der Waals surface area contributed by atoms with Crippen LogP contribution in [0.25, 0.3) is 0 Å². The molecule has 0 aliphatic rings. The van der Waals surface area contributed by atoms with Crippen LogP contribution in [0.3, 0.4) is 0 Å². The van der Waals surface area contributed by atoms with Crippen molar-refractivity contribution in [2.24, 2.45) is 5.92 Å². The molecule has 0 rings (SSSR count). The average molecular weight is 384 g/mol. The van der Waals surface area contributed by atoms with Gasteiger partial charge in [-0.15, -0.1) is 0 Å². The zero-order chi connectivity index (χ0) is 13.9. The molecule has 0 fully saturated rings. The topological polar surface area (TPSA) is 0 Å². The number of hydrogen-bond donors (Lipinski definition) is 0. The third-order valence-corrected chi connectivity index (χ3v) is 5.81. The molecule has 0 aromatic rings. The molecule has 0 radical (unpaired) electrons. The predicted octanol–water partition coefficient (Wildman–Crippen LogP) is 7.44. The molecule has 0 aliphatic heterocycles. The second kappa shape index (κ2) is 11.8. The summed E-state index contributed by atoms with van der Waals surface area (Å²) in [5.74, 6) is 0.786. The van der Waals surface area contributed by atoms with Crippen molar-refractivity contribution in [1.82, 2.24) is 0 Å². The Balaban J connectivity index is 3.89. The third-order valence-electron chi connectivity index (χ3n) is 3.72. The molecule has 0 N–H and O–H groups in total. The highest BCUT2D eigenvalue weighted by atomic mass is 79.9. The molecule has 0 nitrogen and oxygen atoms in total. The Hall–Kier alpha value is 0.960. The third kappa shape index (κ3) is 8.96. The summed E-state index contributed by atoms with van der Waals surface area (Å²) in [5, 5.41) is 0. The zero-order valence-corrected chi connectivity index (χ0v) is 15.8. The van der Waals surface area contributed by atoms with Gasteiger partial charge in [0.15, 0.2) is 0 Å². The molecule has 0 spiro atoms. The largest absolute Gasteiger partial charge is 0.0833 e. The van der Waals surface area contributed by atoms with E-state index in [0.29, 0.717) is 0 Å². The van der Waals surface area contributed by atoms with Gasteiger partial charge >= 0.3 is 0 Å². The van der Waals surface area contributed by atoms with Gasteiger partial charge in [-0.3, -0.25) is 0 Å². The summed E-state index contributed by atoms with van der Waals surface area (Å²) in [6.07, 6.45) is 14.9. The Bertz CT molecular complexity index is 178. The summed E-state index contributed by atoms with van der Waals surface area (Å²) in [5.41, 5.74) is 0. The van der Waals surface area contributed by atoms with Crippen molar-refractivity contribution in [2.75, 3.05) is 0 Å². The van der Waals surface area contributed by atoms with Gasteiger partial charge in [-0.1, -0.05) is 104 Å². The lowest BCUT2D eigenvalue weighted by atomic mass is 9.91. The van der Waals surface area contributed by atoms with Gasteiger partial charge in [0.25, 0.3) is 0 Å². The molecule has 0 heterocycles. The maximum absolute atomic E-state index is 3.92. The van der Waals surface area contributed by atoms with E-state index in [9.17, 15) is 0 Å². The molecular formula is C16H32Br2. The number of alkyl halides is 2. The highest BCUT2D eigenvalue weighted by molar-refractivity contribution is 9.25. The first-order valence-corrected chi connectivity index (χ1v) is 9.54. The molecule has 0 aromatic heterocycles. The van der Waals surface area contributed by atoms with E-state index in [2.05, 4.69) is 52.6 Å². The van der Waals surface area contributed by atoms with E-state index in [4.69, 9.17) is 0 Å². The van der Waals surface area contributed by atoms with Crippen molar-refractivity contribution in [3.05, 3.63) is 0 Å². The molecule has 2 heteroatoms. The fourth-order valence-corrected chi connectivity index (χ4v) is 4.33. The first-order chi connectivity index (χ1) is 8.58. The minimum atomic E-state index is 0.189. The summed E-state index contributed by atoms with van der Waals surface area (Å²) in [6.45, 7) is 6.85. The van der Waals surface area contributed by atoms with Crippen molar-refractivity contribution in [3.8, 4) is 0 Å².